The Kier molecular flexibility index (Phi) is 4.02. The van der Waals surface area contributed by atoms with Gasteiger partial charge in [-0.1, -0.05) is 29.8 Å². The monoisotopic (exact) mass is 293 g/mol. The van der Waals surface area contributed by atoms with E-state index in [0.717, 1.165) is 16.5 Å². The van der Waals surface area contributed by atoms with Crippen molar-refractivity contribution in [1.82, 2.24) is 0 Å². The molecule has 2 aromatic carbocycles. The predicted octanol–water partition coefficient (Wildman–Crippen LogP) is 4.29. The molecular weight excluding hydrogens is 279 g/mol. The minimum absolute atomic E-state index is 0.157. The first-order valence-electron chi connectivity index (χ1n) is 6.31. The van der Waals surface area contributed by atoms with Crippen LogP contribution in [0.15, 0.2) is 48.5 Å². The Labute approximate surface area is 120 Å². The fourth-order valence-corrected chi connectivity index (χ4v) is 2.01. The van der Waals surface area contributed by atoms with Crippen LogP contribution in [0.2, 0.25) is 0 Å². The number of benzene rings is 2. The SMILES string of the molecule is Cc1ccc(C(=O)N(C)c2ccccc2C(F)(F)F)cc1. The molecule has 110 valence electrons. The molecule has 0 saturated carbocycles. The summed E-state index contributed by atoms with van der Waals surface area (Å²) in [6.45, 7) is 1.87. The predicted molar refractivity (Wildman–Crippen MR) is 75.4 cm³/mol. The van der Waals surface area contributed by atoms with Crippen LogP contribution in [0.5, 0.6) is 0 Å². The molecule has 0 saturated heterocycles. The highest BCUT2D eigenvalue weighted by Gasteiger charge is 2.35. The molecule has 0 aliphatic heterocycles. The van der Waals surface area contributed by atoms with Crippen LogP contribution in [0, 0.1) is 6.92 Å². The van der Waals surface area contributed by atoms with Crippen molar-refractivity contribution < 1.29 is 18.0 Å². The smallest absolute Gasteiger partial charge is 0.311 e. The number of hydrogen-bond donors (Lipinski definition) is 0. The van der Waals surface area contributed by atoms with Crippen LogP contribution in [0.1, 0.15) is 21.5 Å². The van der Waals surface area contributed by atoms with E-state index in [1.807, 2.05) is 6.92 Å². The Morgan fingerprint density at radius 2 is 1.57 bits per heavy atom. The molecule has 0 aliphatic rings. The third-order valence-electron chi connectivity index (χ3n) is 3.17. The van der Waals surface area contributed by atoms with E-state index < -0.39 is 17.6 Å². The van der Waals surface area contributed by atoms with Gasteiger partial charge in [-0.25, -0.2) is 0 Å². The summed E-state index contributed by atoms with van der Waals surface area (Å²) in [5, 5.41) is 0. The molecule has 0 heterocycles. The maximum atomic E-state index is 13.0. The molecule has 0 atom stereocenters. The van der Waals surface area contributed by atoms with E-state index in [0.29, 0.717) is 5.56 Å². The maximum absolute atomic E-state index is 13.0. The second-order valence-electron chi connectivity index (χ2n) is 4.75. The zero-order valence-corrected chi connectivity index (χ0v) is 11.6. The van der Waals surface area contributed by atoms with Gasteiger partial charge in [0, 0.05) is 12.6 Å². The van der Waals surface area contributed by atoms with Crippen molar-refractivity contribution >= 4 is 11.6 Å². The van der Waals surface area contributed by atoms with Crippen LogP contribution in [-0.4, -0.2) is 13.0 Å². The van der Waals surface area contributed by atoms with E-state index >= 15 is 0 Å². The number of amides is 1. The summed E-state index contributed by atoms with van der Waals surface area (Å²) in [5.74, 6) is -0.480. The molecule has 0 radical (unpaired) electrons. The van der Waals surface area contributed by atoms with Crippen LogP contribution in [0.4, 0.5) is 18.9 Å². The second kappa shape index (κ2) is 5.60. The van der Waals surface area contributed by atoms with Gasteiger partial charge in [0.15, 0.2) is 0 Å². The molecule has 0 aromatic heterocycles. The minimum atomic E-state index is -4.50. The average molecular weight is 293 g/mol. The number of nitrogens with zero attached hydrogens (tertiary/aromatic N) is 1. The Balaban J connectivity index is 2.38. The molecule has 0 bridgehead atoms. The first-order valence-corrected chi connectivity index (χ1v) is 6.31. The lowest BCUT2D eigenvalue weighted by atomic mass is 10.1. The number of rotatable bonds is 2. The zero-order chi connectivity index (χ0) is 15.6. The highest BCUT2D eigenvalue weighted by molar-refractivity contribution is 6.06. The van der Waals surface area contributed by atoms with Crippen LogP contribution in [0.3, 0.4) is 0 Å². The van der Waals surface area contributed by atoms with Gasteiger partial charge in [0.1, 0.15) is 0 Å². The highest BCUT2D eigenvalue weighted by Crippen LogP contribution is 2.36. The van der Waals surface area contributed by atoms with Crippen molar-refractivity contribution in [3.8, 4) is 0 Å². The van der Waals surface area contributed by atoms with Gasteiger partial charge < -0.3 is 4.90 Å². The number of halogens is 3. The molecule has 5 heteroatoms. The summed E-state index contributed by atoms with van der Waals surface area (Å²) in [6, 6.07) is 11.7. The molecule has 0 N–H and O–H groups in total. The van der Waals surface area contributed by atoms with E-state index in [9.17, 15) is 18.0 Å². The standard InChI is InChI=1S/C16H14F3NO/c1-11-7-9-12(10-8-11)15(21)20(2)14-6-4-3-5-13(14)16(17,18)19/h3-10H,1-2H3. The Hall–Kier alpha value is -2.30. The van der Waals surface area contributed by atoms with Gasteiger partial charge in [0.2, 0.25) is 0 Å². The zero-order valence-electron chi connectivity index (χ0n) is 11.6. The maximum Gasteiger partial charge on any atom is 0.418 e. The fraction of sp³-hybridized carbons (Fsp3) is 0.188. The average Bonchev–Trinajstić information content (AvgIpc) is 2.45. The van der Waals surface area contributed by atoms with Gasteiger partial charge in [-0.05, 0) is 31.2 Å². The summed E-state index contributed by atoms with van der Waals surface area (Å²) in [4.78, 5) is 13.3. The normalized spacial score (nSPS) is 11.3. The van der Waals surface area contributed by atoms with Crippen LogP contribution >= 0.6 is 0 Å². The molecule has 2 aromatic rings. The van der Waals surface area contributed by atoms with Crippen LogP contribution in [-0.2, 0) is 6.18 Å². The number of carbonyl (C=O) groups is 1. The van der Waals surface area contributed by atoms with E-state index in [1.54, 1.807) is 24.3 Å². The summed E-state index contributed by atoms with van der Waals surface area (Å²) < 4.78 is 39.0. The third kappa shape index (κ3) is 3.24. The molecule has 0 unspecified atom stereocenters. The van der Waals surface area contributed by atoms with Crippen LogP contribution < -0.4 is 4.90 Å². The molecule has 2 nitrogen and oxygen atoms in total. The molecule has 0 aliphatic carbocycles. The van der Waals surface area contributed by atoms with Gasteiger partial charge in [-0.15, -0.1) is 0 Å². The minimum Gasteiger partial charge on any atom is -0.311 e. The largest absolute Gasteiger partial charge is 0.418 e. The van der Waals surface area contributed by atoms with Crippen LogP contribution in [0.25, 0.3) is 0 Å². The topological polar surface area (TPSA) is 20.3 Å². The molecule has 0 fully saturated rings. The van der Waals surface area contributed by atoms with Gasteiger partial charge in [0.05, 0.1) is 11.3 Å². The Morgan fingerprint density at radius 1 is 1.00 bits per heavy atom. The number of hydrogen-bond acceptors (Lipinski definition) is 1. The van der Waals surface area contributed by atoms with E-state index in [1.165, 1.54) is 25.2 Å². The second-order valence-corrected chi connectivity index (χ2v) is 4.75. The van der Waals surface area contributed by atoms with Crippen molar-refractivity contribution in [3.05, 3.63) is 65.2 Å². The number of alkyl halides is 3. The molecule has 0 spiro atoms. The van der Waals surface area contributed by atoms with Gasteiger partial charge in [0.25, 0.3) is 5.91 Å². The van der Waals surface area contributed by atoms with Gasteiger partial charge in [-0.2, -0.15) is 13.2 Å². The number of aryl methyl sites for hydroxylation is 1. The van der Waals surface area contributed by atoms with E-state index in [2.05, 4.69) is 0 Å². The third-order valence-corrected chi connectivity index (χ3v) is 3.17. The quantitative estimate of drug-likeness (QED) is 0.809. The summed E-state index contributed by atoms with van der Waals surface area (Å²) in [7, 11) is 1.34. The van der Waals surface area contributed by atoms with Gasteiger partial charge >= 0.3 is 6.18 Å². The summed E-state index contributed by atoms with van der Waals surface area (Å²) in [5.41, 5.74) is 0.341. The number of anilines is 1. The summed E-state index contributed by atoms with van der Waals surface area (Å²) >= 11 is 0. The lowest BCUT2D eigenvalue weighted by molar-refractivity contribution is -0.137. The fourth-order valence-electron chi connectivity index (χ4n) is 2.01. The number of para-hydroxylation sites is 1. The molecular formula is C16H14F3NO. The lowest BCUT2D eigenvalue weighted by Crippen LogP contribution is -2.28. The molecule has 21 heavy (non-hydrogen) atoms. The summed E-state index contributed by atoms with van der Waals surface area (Å²) in [6.07, 6.45) is -4.50. The molecule has 2 rings (SSSR count). The lowest BCUT2D eigenvalue weighted by Gasteiger charge is -2.22. The first-order chi connectivity index (χ1) is 9.80. The van der Waals surface area contributed by atoms with Gasteiger partial charge in [-0.3, -0.25) is 4.79 Å². The van der Waals surface area contributed by atoms with E-state index in [4.69, 9.17) is 0 Å². The van der Waals surface area contributed by atoms with Crippen molar-refractivity contribution in [1.29, 1.82) is 0 Å². The highest BCUT2D eigenvalue weighted by atomic mass is 19.4. The Morgan fingerprint density at radius 3 is 2.14 bits per heavy atom. The van der Waals surface area contributed by atoms with Crippen molar-refractivity contribution in [2.45, 2.75) is 13.1 Å². The van der Waals surface area contributed by atoms with Crippen molar-refractivity contribution in [2.75, 3.05) is 11.9 Å². The van der Waals surface area contributed by atoms with Crippen molar-refractivity contribution in [3.63, 3.8) is 0 Å². The van der Waals surface area contributed by atoms with Crippen molar-refractivity contribution in [2.24, 2.45) is 0 Å². The number of carbonyl (C=O) groups excluding carboxylic acids is 1. The first kappa shape index (κ1) is 15.1. The molecule has 1 amide bonds. The Bertz CT molecular complexity index is 647. The van der Waals surface area contributed by atoms with E-state index in [-0.39, 0.29) is 5.69 Å².